The third kappa shape index (κ3) is 4.18. The Morgan fingerprint density at radius 2 is 2.22 bits per heavy atom. The number of benzene rings is 1. The highest BCUT2D eigenvalue weighted by atomic mass is 79.9. The lowest BCUT2D eigenvalue weighted by molar-refractivity contribution is -0.385. The lowest BCUT2D eigenvalue weighted by atomic mass is 10.2. The van der Waals surface area contributed by atoms with Gasteiger partial charge in [0.25, 0.3) is 11.6 Å². The van der Waals surface area contributed by atoms with Crippen LogP contribution in [0.2, 0.25) is 0 Å². The number of hydrogen-bond acceptors (Lipinski definition) is 3. The van der Waals surface area contributed by atoms with Crippen LogP contribution < -0.4 is 5.32 Å². The van der Waals surface area contributed by atoms with Gasteiger partial charge in [-0.05, 0) is 12.5 Å². The first kappa shape index (κ1) is 14.2. The van der Waals surface area contributed by atoms with E-state index in [2.05, 4.69) is 27.2 Å². The van der Waals surface area contributed by atoms with E-state index < -0.39 is 4.92 Å². The number of nitro benzene ring substituents is 1. The second-order valence-electron chi connectivity index (χ2n) is 3.52. The Morgan fingerprint density at radius 1 is 1.50 bits per heavy atom. The number of amides is 1. The number of nitrogens with zero attached hydrogens (tertiary/aromatic N) is 1. The summed E-state index contributed by atoms with van der Waals surface area (Å²) in [6.45, 7) is 0.448. The SMILES string of the molecule is C#CCCCNC(=O)c1cc(Br)cc([N+](=O)[O-])c1. The van der Waals surface area contributed by atoms with Gasteiger partial charge in [-0.2, -0.15) is 0 Å². The molecule has 94 valence electrons. The van der Waals surface area contributed by atoms with Gasteiger partial charge in [0, 0.05) is 35.1 Å². The minimum Gasteiger partial charge on any atom is -0.352 e. The van der Waals surface area contributed by atoms with E-state index in [0.717, 1.165) is 0 Å². The summed E-state index contributed by atoms with van der Waals surface area (Å²) in [7, 11) is 0. The normalized spacial score (nSPS) is 9.56. The van der Waals surface area contributed by atoms with Gasteiger partial charge in [0.05, 0.1) is 4.92 Å². The first-order valence-corrected chi connectivity index (χ1v) is 6.00. The number of carbonyl (C=O) groups is 1. The van der Waals surface area contributed by atoms with Crippen molar-refractivity contribution >= 4 is 27.5 Å². The van der Waals surface area contributed by atoms with Gasteiger partial charge in [-0.3, -0.25) is 14.9 Å². The predicted molar refractivity (Wildman–Crippen MR) is 71.2 cm³/mol. The molecule has 1 amide bonds. The van der Waals surface area contributed by atoms with E-state index in [-0.39, 0.29) is 17.2 Å². The van der Waals surface area contributed by atoms with Gasteiger partial charge in [0.2, 0.25) is 0 Å². The molecule has 5 nitrogen and oxygen atoms in total. The van der Waals surface area contributed by atoms with E-state index in [0.29, 0.717) is 23.9 Å². The van der Waals surface area contributed by atoms with Crippen LogP contribution in [0.15, 0.2) is 22.7 Å². The number of terminal acetylenes is 1. The number of nitrogens with one attached hydrogen (secondary N) is 1. The highest BCUT2D eigenvalue weighted by molar-refractivity contribution is 9.10. The molecule has 0 aliphatic heterocycles. The van der Waals surface area contributed by atoms with Crippen LogP contribution in [-0.2, 0) is 0 Å². The van der Waals surface area contributed by atoms with Crippen LogP contribution in [0.5, 0.6) is 0 Å². The van der Waals surface area contributed by atoms with Gasteiger partial charge < -0.3 is 5.32 Å². The first-order valence-electron chi connectivity index (χ1n) is 5.21. The molecule has 0 atom stereocenters. The molecule has 18 heavy (non-hydrogen) atoms. The molecular weight excluding hydrogens is 300 g/mol. The summed E-state index contributed by atoms with van der Waals surface area (Å²) in [4.78, 5) is 21.8. The Hall–Kier alpha value is -1.87. The quantitative estimate of drug-likeness (QED) is 0.393. The van der Waals surface area contributed by atoms with Crippen molar-refractivity contribution in [2.24, 2.45) is 0 Å². The molecule has 1 N–H and O–H groups in total. The van der Waals surface area contributed by atoms with E-state index >= 15 is 0 Å². The number of hydrogen-bond donors (Lipinski definition) is 1. The maximum atomic E-state index is 11.7. The molecule has 0 spiro atoms. The van der Waals surface area contributed by atoms with Crippen molar-refractivity contribution < 1.29 is 9.72 Å². The number of halogens is 1. The van der Waals surface area contributed by atoms with Crippen LogP contribution in [0.3, 0.4) is 0 Å². The monoisotopic (exact) mass is 310 g/mol. The summed E-state index contributed by atoms with van der Waals surface area (Å²) in [6.07, 6.45) is 6.35. The summed E-state index contributed by atoms with van der Waals surface area (Å²) in [5.41, 5.74) is 0.120. The van der Waals surface area contributed by atoms with E-state index in [1.165, 1.54) is 18.2 Å². The molecule has 0 saturated carbocycles. The third-order valence-corrected chi connectivity index (χ3v) is 2.60. The van der Waals surface area contributed by atoms with Gasteiger partial charge in [0.1, 0.15) is 0 Å². The second kappa shape index (κ2) is 6.77. The number of carbonyl (C=O) groups excluding carboxylic acids is 1. The van der Waals surface area contributed by atoms with Gasteiger partial charge >= 0.3 is 0 Å². The summed E-state index contributed by atoms with van der Waals surface area (Å²) in [6, 6.07) is 4.11. The van der Waals surface area contributed by atoms with Crippen LogP contribution >= 0.6 is 15.9 Å². The number of unbranched alkanes of at least 4 members (excludes halogenated alkanes) is 1. The predicted octanol–water partition coefficient (Wildman–Crippen LogP) is 2.50. The van der Waals surface area contributed by atoms with Gasteiger partial charge in [-0.15, -0.1) is 12.3 Å². The Morgan fingerprint density at radius 3 is 2.83 bits per heavy atom. The van der Waals surface area contributed by atoms with Crippen LogP contribution in [0.1, 0.15) is 23.2 Å². The average Bonchev–Trinajstić information content (AvgIpc) is 2.33. The maximum absolute atomic E-state index is 11.7. The van der Waals surface area contributed by atoms with Crippen molar-refractivity contribution in [1.29, 1.82) is 0 Å². The van der Waals surface area contributed by atoms with Crippen molar-refractivity contribution in [2.75, 3.05) is 6.54 Å². The summed E-state index contributed by atoms with van der Waals surface area (Å²) in [5, 5.41) is 13.3. The molecule has 0 radical (unpaired) electrons. The molecule has 1 aromatic carbocycles. The van der Waals surface area contributed by atoms with E-state index in [4.69, 9.17) is 6.42 Å². The van der Waals surface area contributed by atoms with Crippen molar-refractivity contribution in [2.45, 2.75) is 12.8 Å². The van der Waals surface area contributed by atoms with Crippen LogP contribution in [-0.4, -0.2) is 17.4 Å². The van der Waals surface area contributed by atoms with Crippen LogP contribution in [0.25, 0.3) is 0 Å². The minimum absolute atomic E-state index is 0.127. The highest BCUT2D eigenvalue weighted by Crippen LogP contribution is 2.21. The van der Waals surface area contributed by atoms with Crippen molar-refractivity contribution in [3.63, 3.8) is 0 Å². The fourth-order valence-electron chi connectivity index (χ4n) is 1.31. The number of rotatable bonds is 5. The zero-order valence-corrected chi connectivity index (χ0v) is 11.1. The van der Waals surface area contributed by atoms with Crippen molar-refractivity contribution in [3.8, 4) is 12.3 Å². The van der Waals surface area contributed by atoms with E-state index in [9.17, 15) is 14.9 Å². The minimum atomic E-state index is -0.542. The standard InChI is InChI=1S/C12H11BrN2O3/c1-2-3-4-5-14-12(16)9-6-10(13)8-11(7-9)15(17)18/h1,6-8H,3-5H2,(H,14,16). The summed E-state index contributed by atoms with van der Waals surface area (Å²) < 4.78 is 0.491. The Bertz CT molecular complexity index is 509. The molecule has 6 heteroatoms. The summed E-state index contributed by atoms with van der Waals surface area (Å²) >= 11 is 3.13. The average molecular weight is 311 g/mol. The molecule has 0 bridgehead atoms. The third-order valence-electron chi connectivity index (χ3n) is 2.14. The van der Waals surface area contributed by atoms with Crippen molar-refractivity contribution in [3.05, 3.63) is 38.3 Å². The zero-order valence-electron chi connectivity index (χ0n) is 9.48. The summed E-state index contributed by atoms with van der Waals surface area (Å²) in [5.74, 6) is 2.12. The van der Waals surface area contributed by atoms with Gasteiger partial charge in [-0.25, -0.2) is 0 Å². The molecule has 0 aromatic heterocycles. The van der Waals surface area contributed by atoms with E-state index in [1.54, 1.807) is 0 Å². The Balaban J connectivity index is 2.74. The van der Waals surface area contributed by atoms with Gasteiger partial charge in [-0.1, -0.05) is 15.9 Å². The molecule has 0 aliphatic rings. The molecule has 0 fully saturated rings. The molecule has 0 aliphatic carbocycles. The Kier molecular flexibility index (Phi) is 5.33. The van der Waals surface area contributed by atoms with Gasteiger partial charge in [0.15, 0.2) is 0 Å². The molecular formula is C12H11BrN2O3. The smallest absolute Gasteiger partial charge is 0.271 e. The highest BCUT2D eigenvalue weighted by Gasteiger charge is 2.13. The van der Waals surface area contributed by atoms with Crippen LogP contribution in [0, 0.1) is 22.5 Å². The second-order valence-corrected chi connectivity index (χ2v) is 4.43. The number of nitro groups is 1. The maximum Gasteiger partial charge on any atom is 0.271 e. The molecule has 0 saturated heterocycles. The fourth-order valence-corrected chi connectivity index (χ4v) is 1.79. The largest absolute Gasteiger partial charge is 0.352 e. The lowest BCUT2D eigenvalue weighted by Crippen LogP contribution is -2.24. The lowest BCUT2D eigenvalue weighted by Gasteiger charge is -2.04. The van der Waals surface area contributed by atoms with Crippen LogP contribution in [0.4, 0.5) is 5.69 Å². The first-order chi connectivity index (χ1) is 8.54. The number of non-ortho nitro benzene ring substituents is 1. The van der Waals surface area contributed by atoms with Crippen molar-refractivity contribution in [1.82, 2.24) is 5.32 Å². The molecule has 1 aromatic rings. The molecule has 0 heterocycles. The Labute approximate surface area is 113 Å². The van der Waals surface area contributed by atoms with E-state index in [1.807, 2.05) is 0 Å². The molecule has 0 unspecified atom stereocenters. The fraction of sp³-hybridized carbons (Fsp3) is 0.250. The molecule has 1 rings (SSSR count). The topological polar surface area (TPSA) is 72.2 Å². The zero-order chi connectivity index (χ0) is 13.5.